The van der Waals surface area contributed by atoms with Crippen LogP contribution in [0.5, 0.6) is 0 Å². The molecule has 3 N–H and O–H groups in total. The Morgan fingerprint density at radius 1 is 1.05 bits per heavy atom. The average Bonchev–Trinajstić information content (AvgIpc) is 3.61. The third kappa shape index (κ3) is 10.3. The fourth-order valence-corrected chi connectivity index (χ4v) is 5.71. The quantitative estimate of drug-likeness (QED) is 0.403. The maximum Gasteiger partial charge on any atom is 0.410 e. The average molecular weight is 588 g/mol. The number of amides is 4. The molecule has 2 saturated heterocycles. The van der Waals surface area contributed by atoms with Gasteiger partial charge in [0.2, 0.25) is 18.2 Å². The van der Waals surface area contributed by atoms with Gasteiger partial charge in [0.25, 0.3) is 0 Å². The molecule has 0 spiro atoms. The van der Waals surface area contributed by atoms with Crippen LogP contribution >= 0.6 is 0 Å². The summed E-state index contributed by atoms with van der Waals surface area (Å²) in [6.45, 7) is 12.7. The first kappa shape index (κ1) is 35.1. The lowest BCUT2D eigenvalue weighted by molar-refractivity contribution is -0.140. The molecular formula is C32H53N5O5. The third-order valence-corrected chi connectivity index (χ3v) is 8.00. The molecule has 2 heterocycles. The number of para-hydroxylation sites is 1. The molecule has 10 nitrogen and oxygen atoms in total. The van der Waals surface area contributed by atoms with Gasteiger partial charge in [-0.1, -0.05) is 51.3 Å². The van der Waals surface area contributed by atoms with E-state index >= 15 is 0 Å². The van der Waals surface area contributed by atoms with Crippen molar-refractivity contribution in [3.63, 3.8) is 0 Å². The fourth-order valence-electron chi connectivity index (χ4n) is 5.71. The first-order valence-corrected chi connectivity index (χ1v) is 15.6. The number of fused-ring (bicyclic) bond motifs is 1. The van der Waals surface area contributed by atoms with Crippen molar-refractivity contribution in [3.8, 4) is 0 Å². The SMILES string of the molecule is CC.C[C@@H](C(=O)NC(C(=O)N1CCC2NCCC21)C1CCCCC1)N(C)C(=O)OC(C)(C)C.O=CNc1ccccc1. The monoisotopic (exact) mass is 587 g/mol. The number of likely N-dealkylation sites (N-methyl/N-ethyl adjacent to an activating group) is 1. The van der Waals surface area contributed by atoms with Crippen LogP contribution < -0.4 is 16.0 Å². The van der Waals surface area contributed by atoms with Gasteiger partial charge in [0.1, 0.15) is 17.7 Å². The standard InChI is InChI=1S/C23H40N4O4.C7H7NO.C2H6/c1-15(26(5)22(30)31-23(2,3)4)20(28)25-19(16-9-7-6-8-10-16)21(29)27-14-12-17-18(27)11-13-24-17;9-6-8-7-4-2-1-3-5-7;1-2/h15-19,24H,6-14H2,1-5H3,(H,25,28);1-6H,(H,8,9);1-2H3/t15-,17?,18?,19?;;/m0../s1. The van der Waals surface area contributed by atoms with E-state index in [0.717, 1.165) is 57.3 Å². The maximum atomic E-state index is 13.6. The van der Waals surface area contributed by atoms with E-state index in [1.807, 2.05) is 49.1 Å². The van der Waals surface area contributed by atoms with Gasteiger partial charge in [0.05, 0.1) is 0 Å². The minimum Gasteiger partial charge on any atom is -0.444 e. The summed E-state index contributed by atoms with van der Waals surface area (Å²) in [7, 11) is 1.56. The van der Waals surface area contributed by atoms with E-state index in [1.165, 1.54) is 11.3 Å². The van der Waals surface area contributed by atoms with Crippen LogP contribution in [0, 0.1) is 5.92 Å². The van der Waals surface area contributed by atoms with Crippen LogP contribution in [0.25, 0.3) is 0 Å². The Balaban J connectivity index is 0.000000473. The summed E-state index contributed by atoms with van der Waals surface area (Å²) >= 11 is 0. The number of benzene rings is 1. The topological polar surface area (TPSA) is 120 Å². The highest BCUT2D eigenvalue weighted by atomic mass is 16.6. The highest BCUT2D eigenvalue weighted by Gasteiger charge is 2.44. The van der Waals surface area contributed by atoms with Crippen LogP contribution in [0.1, 0.15) is 86.5 Å². The van der Waals surface area contributed by atoms with E-state index in [9.17, 15) is 19.2 Å². The summed E-state index contributed by atoms with van der Waals surface area (Å²) in [6.07, 6.45) is 7.32. The molecule has 4 rings (SSSR count). The Bertz CT molecular complexity index is 993. The summed E-state index contributed by atoms with van der Waals surface area (Å²) in [5.74, 6) is -0.112. The van der Waals surface area contributed by atoms with Crippen LogP contribution in [-0.4, -0.2) is 84.0 Å². The van der Waals surface area contributed by atoms with Crippen molar-refractivity contribution < 1.29 is 23.9 Å². The first-order valence-electron chi connectivity index (χ1n) is 15.6. The van der Waals surface area contributed by atoms with Crippen LogP contribution in [0.15, 0.2) is 30.3 Å². The Morgan fingerprint density at radius 2 is 1.69 bits per heavy atom. The number of likely N-dealkylation sites (tertiary alicyclic amines) is 1. The highest BCUT2D eigenvalue weighted by molar-refractivity contribution is 5.91. The fraction of sp³-hybridized carbons (Fsp3) is 0.688. The van der Waals surface area contributed by atoms with Crippen molar-refractivity contribution in [3.05, 3.63) is 30.3 Å². The Morgan fingerprint density at radius 3 is 2.29 bits per heavy atom. The molecule has 1 aromatic carbocycles. The second-order valence-corrected chi connectivity index (χ2v) is 12.0. The van der Waals surface area contributed by atoms with Crippen molar-refractivity contribution >= 4 is 30.0 Å². The predicted molar refractivity (Wildman–Crippen MR) is 166 cm³/mol. The highest BCUT2D eigenvalue weighted by Crippen LogP contribution is 2.31. The smallest absolute Gasteiger partial charge is 0.410 e. The van der Waals surface area contributed by atoms with Crippen molar-refractivity contribution in [1.82, 2.24) is 20.4 Å². The second-order valence-electron chi connectivity index (χ2n) is 12.0. The number of nitrogens with one attached hydrogen (secondary N) is 3. The molecule has 3 fully saturated rings. The number of hydrogen-bond acceptors (Lipinski definition) is 6. The van der Waals surface area contributed by atoms with E-state index in [4.69, 9.17) is 4.74 Å². The summed E-state index contributed by atoms with van der Waals surface area (Å²) in [5, 5.41) is 9.06. The van der Waals surface area contributed by atoms with Gasteiger partial charge in [-0.3, -0.25) is 19.3 Å². The molecule has 236 valence electrons. The molecule has 3 unspecified atom stereocenters. The van der Waals surface area contributed by atoms with Crippen molar-refractivity contribution in [2.75, 3.05) is 25.5 Å². The number of hydrogen-bond donors (Lipinski definition) is 3. The zero-order valence-corrected chi connectivity index (χ0v) is 26.7. The molecule has 2 aliphatic heterocycles. The molecule has 3 aliphatic rings. The van der Waals surface area contributed by atoms with E-state index in [0.29, 0.717) is 12.5 Å². The van der Waals surface area contributed by atoms with Gasteiger partial charge >= 0.3 is 6.09 Å². The van der Waals surface area contributed by atoms with Gasteiger partial charge in [-0.05, 0) is 78.0 Å². The molecule has 1 aliphatic carbocycles. The molecule has 1 aromatic rings. The number of nitrogens with zero attached hydrogens (tertiary/aromatic N) is 2. The number of carbonyl (C=O) groups is 4. The number of carbonyl (C=O) groups excluding carboxylic acids is 4. The molecule has 4 amide bonds. The summed E-state index contributed by atoms with van der Waals surface area (Å²) < 4.78 is 5.39. The molecule has 0 bridgehead atoms. The van der Waals surface area contributed by atoms with Crippen LogP contribution in [0.4, 0.5) is 10.5 Å². The maximum absolute atomic E-state index is 13.6. The Labute approximate surface area is 252 Å². The third-order valence-electron chi connectivity index (χ3n) is 8.00. The van der Waals surface area contributed by atoms with E-state index in [1.54, 1.807) is 34.7 Å². The predicted octanol–water partition coefficient (Wildman–Crippen LogP) is 4.55. The largest absolute Gasteiger partial charge is 0.444 e. The molecule has 0 radical (unpaired) electrons. The lowest BCUT2D eigenvalue weighted by Gasteiger charge is -2.36. The van der Waals surface area contributed by atoms with Gasteiger partial charge in [-0.15, -0.1) is 0 Å². The number of ether oxygens (including phenoxy) is 1. The molecule has 10 heteroatoms. The second kappa shape index (κ2) is 17.1. The Hall–Kier alpha value is -3.14. The van der Waals surface area contributed by atoms with E-state index in [-0.39, 0.29) is 23.8 Å². The van der Waals surface area contributed by atoms with E-state index < -0.39 is 23.8 Å². The zero-order valence-electron chi connectivity index (χ0n) is 26.7. The van der Waals surface area contributed by atoms with Crippen LogP contribution in [0.3, 0.4) is 0 Å². The zero-order chi connectivity index (χ0) is 31.3. The van der Waals surface area contributed by atoms with Crippen molar-refractivity contribution in [1.29, 1.82) is 0 Å². The number of anilines is 1. The summed E-state index contributed by atoms with van der Waals surface area (Å²) in [5.41, 5.74) is 0.191. The van der Waals surface area contributed by atoms with Gasteiger partial charge in [-0.25, -0.2) is 4.79 Å². The van der Waals surface area contributed by atoms with Crippen LogP contribution in [-0.2, 0) is 19.1 Å². The molecule has 4 atom stereocenters. The molecule has 1 saturated carbocycles. The van der Waals surface area contributed by atoms with Gasteiger partial charge < -0.3 is 25.6 Å². The number of rotatable bonds is 7. The first-order chi connectivity index (χ1) is 20.0. The lowest BCUT2D eigenvalue weighted by atomic mass is 9.83. The van der Waals surface area contributed by atoms with Gasteiger partial charge in [-0.2, -0.15) is 0 Å². The summed E-state index contributed by atoms with van der Waals surface area (Å²) in [4.78, 5) is 52.3. The van der Waals surface area contributed by atoms with Gasteiger partial charge in [0, 0.05) is 31.4 Å². The van der Waals surface area contributed by atoms with Crippen molar-refractivity contribution in [2.45, 2.75) is 116 Å². The minimum atomic E-state index is -0.729. The molecular weight excluding hydrogens is 534 g/mol. The van der Waals surface area contributed by atoms with E-state index in [2.05, 4.69) is 16.0 Å². The Kier molecular flexibility index (Phi) is 14.3. The minimum absolute atomic E-state index is 0.0450. The van der Waals surface area contributed by atoms with Crippen LogP contribution in [0.2, 0.25) is 0 Å². The molecule has 42 heavy (non-hydrogen) atoms. The normalized spacial score (nSPS) is 21.3. The van der Waals surface area contributed by atoms with Gasteiger partial charge in [0.15, 0.2) is 0 Å². The van der Waals surface area contributed by atoms with Crippen molar-refractivity contribution in [2.24, 2.45) is 5.92 Å². The lowest BCUT2D eigenvalue weighted by Crippen LogP contribution is -2.57. The molecule has 0 aromatic heterocycles. The summed E-state index contributed by atoms with van der Waals surface area (Å²) in [6, 6.07) is 8.65.